The SMILES string of the molecule is CN(Cc1ccccc1Cl)C(=O)c1cccc(F)n1. The molecule has 5 heteroatoms. The Morgan fingerprint density at radius 1 is 1.26 bits per heavy atom. The van der Waals surface area contributed by atoms with E-state index in [1.165, 1.54) is 23.1 Å². The summed E-state index contributed by atoms with van der Waals surface area (Å²) < 4.78 is 13.0. The summed E-state index contributed by atoms with van der Waals surface area (Å²) in [6.07, 6.45) is 0. The maximum Gasteiger partial charge on any atom is 0.272 e. The lowest BCUT2D eigenvalue weighted by Gasteiger charge is -2.17. The van der Waals surface area contributed by atoms with E-state index in [9.17, 15) is 9.18 Å². The molecule has 0 unspecified atom stereocenters. The number of carbonyl (C=O) groups is 1. The molecule has 1 aromatic heterocycles. The maximum atomic E-state index is 13.0. The van der Waals surface area contributed by atoms with E-state index >= 15 is 0 Å². The van der Waals surface area contributed by atoms with Crippen molar-refractivity contribution in [1.82, 2.24) is 9.88 Å². The summed E-state index contributed by atoms with van der Waals surface area (Å²) in [5.41, 5.74) is 0.908. The highest BCUT2D eigenvalue weighted by atomic mass is 35.5. The van der Waals surface area contributed by atoms with Crippen molar-refractivity contribution in [1.29, 1.82) is 0 Å². The molecular weight excluding hydrogens is 267 g/mol. The summed E-state index contributed by atoms with van der Waals surface area (Å²) >= 11 is 6.03. The van der Waals surface area contributed by atoms with Crippen LogP contribution in [0.2, 0.25) is 5.02 Å². The first-order valence-electron chi connectivity index (χ1n) is 5.69. The van der Waals surface area contributed by atoms with Crippen LogP contribution in [0.3, 0.4) is 0 Å². The largest absolute Gasteiger partial charge is 0.336 e. The van der Waals surface area contributed by atoms with E-state index in [0.29, 0.717) is 11.6 Å². The van der Waals surface area contributed by atoms with Gasteiger partial charge in [-0.25, -0.2) is 4.98 Å². The van der Waals surface area contributed by atoms with Crippen molar-refractivity contribution < 1.29 is 9.18 Å². The zero-order chi connectivity index (χ0) is 13.8. The number of benzene rings is 1. The number of pyridine rings is 1. The third-order valence-corrected chi connectivity index (χ3v) is 3.02. The van der Waals surface area contributed by atoms with Crippen LogP contribution in [0.15, 0.2) is 42.5 Å². The third kappa shape index (κ3) is 3.29. The predicted octanol–water partition coefficient (Wildman–Crippen LogP) is 3.15. The van der Waals surface area contributed by atoms with Gasteiger partial charge in [0.05, 0.1) is 0 Å². The van der Waals surface area contributed by atoms with Gasteiger partial charge in [-0.2, -0.15) is 4.39 Å². The standard InChI is InChI=1S/C14H12ClFN2O/c1-18(9-10-5-2-3-6-11(10)15)14(19)12-7-4-8-13(16)17-12/h2-8H,9H2,1H3. The number of hydrogen-bond acceptors (Lipinski definition) is 2. The van der Waals surface area contributed by atoms with Crippen molar-refractivity contribution in [2.24, 2.45) is 0 Å². The molecular formula is C14H12ClFN2O. The Labute approximate surface area is 115 Å². The highest BCUT2D eigenvalue weighted by Crippen LogP contribution is 2.17. The minimum Gasteiger partial charge on any atom is -0.336 e. The number of amides is 1. The van der Waals surface area contributed by atoms with Crippen LogP contribution >= 0.6 is 11.6 Å². The summed E-state index contributed by atoms with van der Waals surface area (Å²) in [5.74, 6) is -1.02. The molecule has 0 spiro atoms. The molecule has 0 bridgehead atoms. The number of nitrogens with zero attached hydrogens (tertiary/aromatic N) is 2. The van der Waals surface area contributed by atoms with Gasteiger partial charge < -0.3 is 4.90 Å². The molecule has 19 heavy (non-hydrogen) atoms. The Bertz CT molecular complexity index is 604. The van der Waals surface area contributed by atoms with Crippen LogP contribution in [0.4, 0.5) is 4.39 Å². The van der Waals surface area contributed by atoms with E-state index in [1.807, 2.05) is 18.2 Å². The van der Waals surface area contributed by atoms with Crippen molar-refractivity contribution in [2.75, 3.05) is 7.05 Å². The van der Waals surface area contributed by atoms with Crippen molar-refractivity contribution >= 4 is 17.5 Å². The molecule has 0 atom stereocenters. The van der Waals surface area contributed by atoms with Crippen LogP contribution < -0.4 is 0 Å². The van der Waals surface area contributed by atoms with Crippen LogP contribution in [-0.2, 0) is 6.54 Å². The molecule has 0 fully saturated rings. The molecule has 3 nitrogen and oxygen atoms in total. The second kappa shape index (κ2) is 5.80. The minimum atomic E-state index is -0.669. The monoisotopic (exact) mass is 278 g/mol. The maximum absolute atomic E-state index is 13.0. The van der Waals surface area contributed by atoms with E-state index in [1.54, 1.807) is 13.1 Å². The molecule has 1 heterocycles. The average Bonchev–Trinajstić information content (AvgIpc) is 2.40. The van der Waals surface area contributed by atoms with Gasteiger partial charge in [-0.15, -0.1) is 0 Å². The quantitative estimate of drug-likeness (QED) is 0.808. The molecule has 0 aliphatic rings. The van der Waals surface area contributed by atoms with Crippen molar-refractivity contribution in [2.45, 2.75) is 6.54 Å². The van der Waals surface area contributed by atoms with Gasteiger partial charge in [0.15, 0.2) is 0 Å². The summed E-state index contributed by atoms with van der Waals surface area (Å²) in [7, 11) is 1.62. The Kier molecular flexibility index (Phi) is 4.12. The number of hydrogen-bond donors (Lipinski definition) is 0. The smallest absolute Gasteiger partial charge is 0.272 e. The van der Waals surface area contributed by atoms with Crippen LogP contribution in [0.25, 0.3) is 0 Å². The normalized spacial score (nSPS) is 10.3. The number of rotatable bonds is 3. The lowest BCUT2D eigenvalue weighted by molar-refractivity contribution is 0.0778. The Morgan fingerprint density at radius 3 is 2.68 bits per heavy atom. The van der Waals surface area contributed by atoms with Gasteiger partial charge in [0, 0.05) is 18.6 Å². The zero-order valence-corrected chi connectivity index (χ0v) is 11.1. The van der Waals surface area contributed by atoms with Gasteiger partial charge in [0.2, 0.25) is 5.95 Å². The predicted molar refractivity (Wildman–Crippen MR) is 71.4 cm³/mol. The molecule has 2 aromatic rings. The molecule has 98 valence electrons. The van der Waals surface area contributed by atoms with Gasteiger partial charge in [0.25, 0.3) is 5.91 Å². The Balaban J connectivity index is 2.14. The molecule has 1 aromatic carbocycles. The van der Waals surface area contributed by atoms with Gasteiger partial charge in [-0.05, 0) is 23.8 Å². The highest BCUT2D eigenvalue weighted by molar-refractivity contribution is 6.31. The fourth-order valence-corrected chi connectivity index (χ4v) is 1.87. The summed E-state index contributed by atoms with van der Waals surface area (Å²) in [6, 6.07) is 11.4. The van der Waals surface area contributed by atoms with Gasteiger partial charge in [-0.1, -0.05) is 35.9 Å². The second-order valence-electron chi connectivity index (χ2n) is 4.10. The van der Waals surface area contributed by atoms with Crippen LogP contribution in [0, 0.1) is 5.95 Å². The van der Waals surface area contributed by atoms with E-state index < -0.39 is 5.95 Å². The van der Waals surface area contributed by atoms with Crippen molar-refractivity contribution in [3.63, 3.8) is 0 Å². The molecule has 0 saturated carbocycles. The van der Waals surface area contributed by atoms with Gasteiger partial charge >= 0.3 is 0 Å². The van der Waals surface area contributed by atoms with Gasteiger partial charge in [0.1, 0.15) is 5.69 Å². The molecule has 1 amide bonds. The second-order valence-corrected chi connectivity index (χ2v) is 4.51. The fraction of sp³-hybridized carbons (Fsp3) is 0.143. The zero-order valence-electron chi connectivity index (χ0n) is 10.3. The number of aromatic nitrogens is 1. The molecule has 0 aliphatic heterocycles. The summed E-state index contributed by atoms with van der Waals surface area (Å²) in [5, 5.41) is 0.592. The third-order valence-electron chi connectivity index (χ3n) is 2.65. The molecule has 2 rings (SSSR count). The highest BCUT2D eigenvalue weighted by Gasteiger charge is 2.14. The first-order valence-corrected chi connectivity index (χ1v) is 6.07. The number of carbonyl (C=O) groups excluding carboxylic acids is 1. The van der Waals surface area contributed by atoms with Crippen molar-refractivity contribution in [3.05, 3.63) is 64.7 Å². The average molecular weight is 279 g/mol. The molecule has 0 N–H and O–H groups in total. The lowest BCUT2D eigenvalue weighted by atomic mass is 10.2. The van der Waals surface area contributed by atoms with Crippen LogP contribution in [0.1, 0.15) is 16.1 Å². The summed E-state index contributed by atoms with van der Waals surface area (Å²) in [4.78, 5) is 17.1. The lowest BCUT2D eigenvalue weighted by Crippen LogP contribution is -2.27. The fourth-order valence-electron chi connectivity index (χ4n) is 1.68. The van der Waals surface area contributed by atoms with E-state index in [2.05, 4.69) is 4.98 Å². The number of halogens is 2. The molecule has 0 aliphatic carbocycles. The minimum absolute atomic E-state index is 0.0783. The Hall–Kier alpha value is -1.94. The van der Waals surface area contributed by atoms with Crippen LogP contribution in [0.5, 0.6) is 0 Å². The van der Waals surface area contributed by atoms with Gasteiger partial charge in [-0.3, -0.25) is 4.79 Å². The summed E-state index contributed by atoms with van der Waals surface area (Å²) in [6.45, 7) is 0.344. The molecule has 0 saturated heterocycles. The Morgan fingerprint density at radius 2 is 2.00 bits per heavy atom. The molecule has 0 radical (unpaired) electrons. The van der Waals surface area contributed by atoms with E-state index in [4.69, 9.17) is 11.6 Å². The first-order chi connectivity index (χ1) is 9.08. The topological polar surface area (TPSA) is 33.2 Å². The van der Waals surface area contributed by atoms with Crippen LogP contribution in [-0.4, -0.2) is 22.8 Å². The van der Waals surface area contributed by atoms with Crippen molar-refractivity contribution in [3.8, 4) is 0 Å². The van der Waals surface area contributed by atoms with E-state index in [-0.39, 0.29) is 11.6 Å². The van der Waals surface area contributed by atoms with E-state index in [0.717, 1.165) is 5.56 Å². The first kappa shape index (κ1) is 13.5.